The largest absolute Gasteiger partial charge is 0.497 e. The fourth-order valence-corrected chi connectivity index (χ4v) is 4.41. The van der Waals surface area contributed by atoms with Crippen LogP contribution in [0.1, 0.15) is 29.8 Å². The molecule has 6 heteroatoms. The van der Waals surface area contributed by atoms with Gasteiger partial charge in [0.2, 0.25) is 0 Å². The second-order valence-electron chi connectivity index (χ2n) is 8.13. The van der Waals surface area contributed by atoms with Gasteiger partial charge in [0.25, 0.3) is 0 Å². The lowest BCUT2D eigenvalue weighted by atomic mass is 10.1. The van der Waals surface area contributed by atoms with Crippen LogP contribution in [0.5, 0.6) is 17.2 Å². The van der Waals surface area contributed by atoms with E-state index in [0.29, 0.717) is 13.2 Å². The Morgan fingerprint density at radius 2 is 1.36 bits per heavy atom. The molecule has 3 aromatic carbocycles. The first-order chi connectivity index (χ1) is 16.1. The van der Waals surface area contributed by atoms with Gasteiger partial charge in [0.05, 0.1) is 27.0 Å². The SMILES string of the molecule is CCOc1ccc(CN2CCN(Cc3ccc(F)cc3)C2c2cc(OC)ccc2OC)cc1. The smallest absolute Gasteiger partial charge is 0.125 e. The van der Waals surface area contributed by atoms with Gasteiger partial charge >= 0.3 is 0 Å². The lowest BCUT2D eigenvalue weighted by Gasteiger charge is -2.32. The molecule has 1 fully saturated rings. The van der Waals surface area contributed by atoms with Crippen LogP contribution in [0.2, 0.25) is 0 Å². The van der Waals surface area contributed by atoms with E-state index in [1.807, 2.05) is 43.3 Å². The number of ether oxygens (including phenoxy) is 3. The van der Waals surface area contributed by atoms with Crippen molar-refractivity contribution in [1.82, 2.24) is 9.80 Å². The van der Waals surface area contributed by atoms with E-state index < -0.39 is 0 Å². The molecule has 5 nitrogen and oxygen atoms in total. The normalized spacial score (nSPS) is 16.7. The van der Waals surface area contributed by atoms with E-state index in [4.69, 9.17) is 14.2 Å². The maximum absolute atomic E-state index is 13.4. The summed E-state index contributed by atoms with van der Waals surface area (Å²) >= 11 is 0. The Labute approximate surface area is 195 Å². The third-order valence-electron chi connectivity index (χ3n) is 6.00. The predicted molar refractivity (Wildman–Crippen MR) is 127 cm³/mol. The second-order valence-corrected chi connectivity index (χ2v) is 8.13. The molecule has 1 aliphatic rings. The molecule has 3 aromatic rings. The zero-order valence-electron chi connectivity index (χ0n) is 19.5. The molecule has 33 heavy (non-hydrogen) atoms. The van der Waals surface area contributed by atoms with Gasteiger partial charge < -0.3 is 14.2 Å². The highest BCUT2D eigenvalue weighted by Crippen LogP contribution is 2.39. The molecule has 0 spiro atoms. The van der Waals surface area contributed by atoms with E-state index in [0.717, 1.165) is 48.0 Å². The fraction of sp³-hybridized carbons (Fsp3) is 0.333. The van der Waals surface area contributed by atoms with Crippen molar-refractivity contribution >= 4 is 0 Å². The second kappa shape index (κ2) is 10.7. The van der Waals surface area contributed by atoms with Gasteiger partial charge in [-0.15, -0.1) is 0 Å². The molecule has 174 valence electrons. The summed E-state index contributed by atoms with van der Waals surface area (Å²) in [6.45, 7) is 5.93. The number of hydrogen-bond acceptors (Lipinski definition) is 5. The van der Waals surface area contributed by atoms with E-state index >= 15 is 0 Å². The minimum absolute atomic E-state index is 0.00771. The number of halogens is 1. The molecule has 1 heterocycles. The van der Waals surface area contributed by atoms with Gasteiger partial charge in [0.15, 0.2) is 0 Å². The highest BCUT2D eigenvalue weighted by molar-refractivity contribution is 5.43. The van der Waals surface area contributed by atoms with E-state index in [1.165, 1.54) is 17.7 Å². The van der Waals surface area contributed by atoms with Crippen LogP contribution in [0.25, 0.3) is 0 Å². The van der Waals surface area contributed by atoms with Gasteiger partial charge in [-0.1, -0.05) is 24.3 Å². The van der Waals surface area contributed by atoms with Crippen LogP contribution in [0.3, 0.4) is 0 Å². The van der Waals surface area contributed by atoms with Crippen LogP contribution in [0.4, 0.5) is 4.39 Å². The zero-order chi connectivity index (χ0) is 23.2. The Morgan fingerprint density at radius 3 is 1.91 bits per heavy atom. The zero-order valence-corrected chi connectivity index (χ0v) is 19.5. The molecular formula is C27H31FN2O3. The van der Waals surface area contributed by atoms with E-state index in [9.17, 15) is 4.39 Å². The van der Waals surface area contributed by atoms with Crippen molar-refractivity contribution in [3.8, 4) is 17.2 Å². The molecule has 0 radical (unpaired) electrons. The van der Waals surface area contributed by atoms with E-state index in [2.05, 4.69) is 28.0 Å². The van der Waals surface area contributed by atoms with Crippen LogP contribution >= 0.6 is 0 Å². The summed E-state index contributed by atoms with van der Waals surface area (Å²) in [6, 6.07) is 20.9. The molecule has 4 rings (SSSR count). The predicted octanol–water partition coefficient (Wildman–Crippen LogP) is 5.26. The summed E-state index contributed by atoms with van der Waals surface area (Å²) in [6.07, 6.45) is -0.00771. The first kappa shape index (κ1) is 23.1. The van der Waals surface area contributed by atoms with E-state index in [-0.39, 0.29) is 12.0 Å². The highest BCUT2D eigenvalue weighted by Gasteiger charge is 2.35. The topological polar surface area (TPSA) is 34.2 Å². The van der Waals surface area contributed by atoms with Gasteiger partial charge in [0, 0.05) is 31.7 Å². The third kappa shape index (κ3) is 5.46. The van der Waals surface area contributed by atoms with Crippen LogP contribution in [0, 0.1) is 5.82 Å². The van der Waals surface area contributed by atoms with Gasteiger partial charge in [0.1, 0.15) is 23.1 Å². The molecule has 1 atom stereocenters. The monoisotopic (exact) mass is 450 g/mol. The summed E-state index contributed by atoms with van der Waals surface area (Å²) in [4.78, 5) is 4.84. The number of rotatable bonds is 9. The summed E-state index contributed by atoms with van der Waals surface area (Å²) in [5.41, 5.74) is 3.35. The fourth-order valence-electron chi connectivity index (χ4n) is 4.41. The van der Waals surface area contributed by atoms with Crippen molar-refractivity contribution in [2.45, 2.75) is 26.2 Å². The lowest BCUT2D eigenvalue weighted by molar-refractivity contribution is 0.122. The molecule has 0 bridgehead atoms. The van der Waals surface area contributed by atoms with Crippen molar-refractivity contribution in [3.05, 3.63) is 89.2 Å². The Morgan fingerprint density at radius 1 is 0.788 bits per heavy atom. The van der Waals surface area contributed by atoms with Crippen molar-refractivity contribution in [3.63, 3.8) is 0 Å². The number of methoxy groups -OCH3 is 2. The van der Waals surface area contributed by atoms with Crippen LogP contribution in [0.15, 0.2) is 66.7 Å². The summed E-state index contributed by atoms with van der Waals surface area (Å²) in [5, 5.41) is 0. The summed E-state index contributed by atoms with van der Waals surface area (Å²) in [7, 11) is 3.37. The van der Waals surface area contributed by atoms with Crippen molar-refractivity contribution in [2.24, 2.45) is 0 Å². The minimum Gasteiger partial charge on any atom is -0.497 e. The van der Waals surface area contributed by atoms with Gasteiger partial charge in [-0.2, -0.15) is 0 Å². The Kier molecular flexibility index (Phi) is 7.47. The van der Waals surface area contributed by atoms with Crippen molar-refractivity contribution in [1.29, 1.82) is 0 Å². The maximum Gasteiger partial charge on any atom is 0.125 e. The molecule has 0 aromatic heterocycles. The minimum atomic E-state index is -0.219. The molecule has 1 saturated heterocycles. The van der Waals surface area contributed by atoms with Gasteiger partial charge in [-0.05, 0) is 60.5 Å². The Hall–Kier alpha value is -3.09. The average molecular weight is 451 g/mol. The molecule has 0 N–H and O–H groups in total. The molecule has 1 aliphatic heterocycles. The molecule has 0 saturated carbocycles. The summed E-state index contributed by atoms with van der Waals surface area (Å²) in [5.74, 6) is 2.28. The quantitative estimate of drug-likeness (QED) is 0.444. The number of nitrogens with zero attached hydrogens (tertiary/aromatic N) is 2. The Balaban J connectivity index is 1.64. The van der Waals surface area contributed by atoms with E-state index in [1.54, 1.807) is 14.2 Å². The summed E-state index contributed by atoms with van der Waals surface area (Å²) < 4.78 is 30.3. The van der Waals surface area contributed by atoms with Gasteiger partial charge in [-0.25, -0.2) is 4.39 Å². The average Bonchev–Trinajstić information content (AvgIpc) is 3.23. The first-order valence-electron chi connectivity index (χ1n) is 11.3. The van der Waals surface area contributed by atoms with Gasteiger partial charge in [-0.3, -0.25) is 9.80 Å². The molecule has 0 aliphatic carbocycles. The van der Waals surface area contributed by atoms with Crippen molar-refractivity contribution in [2.75, 3.05) is 33.9 Å². The standard InChI is InChI=1S/C27H31FN2O3/c1-4-33-23-11-7-21(8-12-23)19-30-16-15-29(18-20-5-9-22(28)10-6-20)27(30)25-17-24(31-2)13-14-26(25)32-3/h5-14,17,27H,4,15-16,18-19H2,1-3H3. The van der Waals surface area contributed by atoms with Crippen LogP contribution < -0.4 is 14.2 Å². The maximum atomic E-state index is 13.4. The number of hydrogen-bond donors (Lipinski definition) is 0. The first-order valence-corrected chi connectivity index (χ1v) is 11.3. The van der Waals surface area contributed by atoms with Crippen molar-refractivity contribution < 1.29 is 18.6 Å². The molecule has 1 unspecified atom stereocenters. The van der Waals surface area contributed by atoms with Crippen LogP contribution in [-0.4, -0.2) is 43.7 Å². The number of benzene rings is 3. The molecular weight excluding hydrogens is 419 g/mol. The van der Waals surface area contributed by atoms with Crippen LogP contribution in [-0.2, 0) is 13.1 Å². The highest BCUT2D eigenvalue weighted by atomic mass is 19.1. The lowest BCUT2D eigenvalue weighted by Crippen LogP contribution is -2.31. The molecule has 0 amide bonds. The third-order valence-corrected chi connectivity index (χ3v) is 6.00. The Bertz CT molecular complexity index is 1040.